The molecule has 0 heterocycles. The van der Waals surface area contributed by atoms with Crippen molar-refractivity contribution in [1.29, 1.82) is 0 Å². The molecule has 0 saturated heterocycles. The molecule has 2 atom stereocenters. The molecule has 0 saturated carbocycles. The number of hydrogen-bond acceptors (Lipinski definition) is 5. The van der Waals surface area contributed by atoms with Crippen LogP contribution in [0.5, 0.6) is 5.75 Å². The second-order valence-corrected chi connectivity index (χ2v) is 9.41. The monoisotopic (exact) mass is 519 g/mol. The first kappa shape index (κ1) is 25.8. The molecular weight excluding hydrogens is 490 g/mol. The number of fused-ring (bicyclic) bond motifs is 2. The zero-order valence-corrected chi connectivity index (χ0v) is 21.4. The Kier molecular flexibility index (Phi) is 7.48. The van der Waals surface area contributed by atoms with Crippen LogP contribution in [0.2, 0.25) is 0 Å². The number of rotatable bonds is 9. The number of methoxy groups -OCH3 is 1. The van der Waals surface area contributed by atoms with Gasteiger partial charge in [-0.2, -0.15) is 0 Å². The van der Waals surface area contributed by atoms with Gasteiger partial charge in [0.25, 0.3) is 0 Å². The molecule has 0 aliphatic rings. The summed E-state index contributed by atoms with van der Waals surface area (Å²) in [5, 5.41) is 37.2. The molecule has 5 aromatic carbocycles. The van der Waals surface area contributed by atoms with Gasteiger partial charge >= 0.3 is 5.97 Å². The van der Waals surface area contributed by atoms with Crippen LogP contribution in [0.4, 0.5) is 5.69 Å². The second-order valence-electron chi connectivity index (χ2n) is 9.41. The molecule has 6 nitrogen and oxygen atoms in total. The summed E-state index contributed by atoms with van der Waals surface area (Å²) in [5.41, 5.74) is 3.35. The molecule has 4 N–H and O–H groups in total. The fraction of sp³-hybridized carbons (Fsp3) is 0.121. The standard InChI is InChI=1S/C33H29NO5/c1-39-32-19-23-10-3-2-9-22(23)16-25(32)18-29(28-15-7-11-21-8-4-5-14-27(21)28)34-26-13-6-12-24(17-26)30(35)20-31(36)33(37)38/h2-17,19-20,29-30,34-36H,18H2,1H3,(H,37,38)/b31-20-. The summed E-state index contributed by atoms with van der Waals surface area (Å²) < 4.78 is 5.80. The summed E-state index contributed by atoms with van der Waals surface area (Å²) >= 11 is 0. The Morgan fingerprint density at radius 3 is 2.26 bits per heavy atom. The minimum absolute atomic E-state index is 0.165. The van der Waals surface area contributed by atoms with Crippen molar-refractivity contribution in [2.75, 3.05) is 12.4 Å². The van der Waals surface area contributed by atoms with E-state index in [-0.39, 0.29) is 6.04 Å². The Morgan fingerprint density at radius 1 is 0.846 bits per heavy atom. The highest BCUT2D eigenvalue weighted by molar-refractivity contribution is 5.87. The van der Waals surface area contributed by atoms with Crippen molar-refractivity contribution in [2.45, 2.75) is 18.6 Å². The quantitative estimate of drug-likeness (QED) is 0.124. The summed E-state index contributed by atoms with van der Waals surface area (Å²) in [5.74, 6) is -1.60. The molecule has 0 spiro atoms. The molecule has 5 rings (SSSR count). The highest BCUT2D eigenvalue weighted by Crippen LogP contribution is 2.34. The van der Waals surface area contributed by atoms with Crippen LogP contribution in [0.25, 0.3) is 21.5 Å². The van der Waals surface area contributed by atoms with Crippen molar-refractivity contribution in [1.82, 2.24) is 0 Å². The lowest BCUT2D eigenvalue weighted by Gasteiger charge is -2.24. The van der Waals surface area contributed by atoms with E-state index in [1.807, 2.05) is 36.4 Å². The Morgan fingerprint density at radius 2 is 1.51 bits per heavy atom. The van der Waals surface area contributed by atoms with E-state index in [2.05, 4.69) is 53.8 Å². The Balaban J connectivity index is 1.56. The molecule has 5 aromatic rings. The number of anilines is 1. The predicted molar refractivity (Wildman–Crippen MR) is 154 cm³/mol. The first-order chi connectivity index (χ1) is 18.9. The van der Waals surface area contributed by atoms with Gasteiger partial charge in [0.2, 0.25) is 5.76 Å². The van der Waals surface area contributed by atoms with Crippen LogP contribution in [-0.4, -0.2) is 28.4 Å². The summed E-state index contributed by atoms with van der Waals surface area (Å²) in [6.45, 7) is 0. The molecule has 0 fully saturated rings. The SMILES string of the molecule is COc1cc2ccccc2cc1CC(Nc1cccc(C(O)/C=C(\O)C(=O)O)c1)c1cccc2ccccc12. The van der Waals surface area contributed by atoms with Crippen molar-refractivity contribution in [2.24, 2.45) is 0 Å². The maximum atomic E-state index is 11.0. The second kappa shape index (κ2) is 11.3. The van der Waals surface area contributed by atoms with Gasteiger partial charge in [0.1, 0.15) is 11.9 Å². The number of aliphatic hydroxyl groups is 2. The lowest BCUT2D eigenvalue weighted by molar-refractivity contribution is -0.135. The molecule has 0 aliphatic heterocycles. The number of carbonyl (C=O) groups is 1. The highest BCUT2D eigenvalue weighted by Gasteiger charge is 2.19. The number of nitrogens with one attached hydrogen (secondary N) is 1. The zero-order valence-electron chi connectivity index (χ0n) is 21.4. The zero-order chi connectivity index (χ0) is 27.4. The largest absolute Gasteiger partial charge is 0.502 e. The number of carboxylic acid groups (broad SMARTS) is 1. The average Bonchev–Trinajstić information content (AvgIpc) is 2.96. The average molecular weight is 520 g/mol. The van der Waals surface area contributed by atoms with Crippen LogP contribution < -0.4 is 10.1 Å². The topological polar surface area (TPSA) is 99.0 Å². The Hall–Kier alpha value is -4.81. The fourth-order valence-corrected chi connectivity index (χ4v) is 4.96. The lowest BCUT2D eigenvalue weighted by atomic mass is 9.92. The van der Waals surface area contributed by atoms with Crippen LogP contribution in [0, 0.1) is 0 Å². The Labute approximate surface area is 226 Å². The molecule has 0 bridgehead atoms. The van der Waals surface area contributed by atoms with Crippen molar-refractivity contribution in [3.8, 4) is 5.75 Å². The molecule has 6 heteroatoms. The van der Waals surface area contributed by atoms with Crippen LogP contribution in [0.3, 0.4) is 0 Å². The summed E-state index contributed by atoms with van der Waals surface area (Å²) in [6.07, 6.45) is 0.248. The van der Waals surface area contributed by atoms with Gasteiger partial charge < -0.3 is 25.4 Å². The third kappa shape index (κ3) is 5.71. The van der Waals surface area contributed by atoms with Crippen LogP contribution >= 0.6 is 0 Å². The maximum Gasteiger partial charge on any atom is 0.370 e. The molecule has 2 unspecified atom stereocenters. The van der Waals surface area contributed by atoms with E-state index < -0.39 is 17.8 Å². The van der Waals surface area contributed by atoms with Gasteiger partial charge in [-0.05, 0) is 68.6 Å². The lowest BCUT2D eigenvalue weighted by Crippen LogP contribution is -2.15. The summed E-state index contributed by atoms with van der Waals surface area (Å²) in [4.78, 5) is 11.0. The first-order valence-electron chi connectivity index (χ1n) is 12.6. The van der Waals surface area contributed by atoms with Gasteiger partial charge in [0.15, 0.2) is 0 Å². The minimum atomic E-state index is -1.50. The third-order valence-electron chi connectivity index (χ3n) is 6.88. The van der Waals surface area contributed by atoms with E-state index in [0.29, 0.717) is 12.0 Å². The number of aliphatic hydroxyl groups excluding tert-OH is 2. The van der Waals surface area contributed by atoms with E-state index in [9.17, 15) is 15.0 Å². The smallest absolute Gasteiger partial charge is 0.370 e. The van der Waals surface area contributed by atoms with Crippen molar-refractivity contribution >= 4 is 33.2 Å². The van der Waals surface area contributed by atoms with E-state index in [4.69, 9.17) is 9.84 Å². The summed E-state index contributed by atoms with van der Waals surface area (Å²) in [6, 6.07) is 33.8. The first-order valence-corrected chi connectivity index (χ1v) is 12.6. The summed E-state index contributed by atoms with van der Waals surface area (Å²) in [7, 11) is 1.68. The minimum Gasteiger partial charge on any atom is -0.502 e. The number of aliphatic carboxylic acids is 1. The van der Waals surface area contributed by atoms with Gasteiger partial charge in [-0.1, -0.05) is 78.9 Å². The van der Waals surface area contributed by atoms with Crippen LogP contribution in [0.15, 0.2) is 115 Å². The van der Waals surface area contributed by atoms with Gasteiger partial charge in [0.05, 0.1) is 13.2 Å². The van der Waals surface area contributed by atoms with E-state index in [1.54, 1.807) is 25.3 Å². The molecule has 0 amide bonds. The van der Waals surface area contributed by atoms with Crippen molar-refractivity contribution < 1.29 is 24.9 Å². The van der Waals surface area contributed by atoms with Gasteiger partial charge in [-0.3, -0.25) is 0 Å². The molecule has 196 valence electrons. The van der Waals surface area contributed by atoms with Gasteiger partial charge in [0, 0.05) is 12.1 Å². The van der Waals surface area contributed by atoms with Crippen molar-refractivity contribution in [3.05, 3.63) is 132 Å². The van der Waals surface area contributed by atoms with E-state index >= 15 is 0 Å². The Bertz CT molecular complexity index is 1670. The van der Waals surface area contributed by atoms with Crippen LogP contribution in [0.1, 0.15) is 28.8 Å². The predicted octanol–water partition coefficient (Wildman–Crippen LogP) is 6.96. The van der Waals surface area contributed by atoms with E-state index in [0.717, 1.165) is 50.2 Å². The van der Waals surface area contributed by atoms with Gasteiger partial charge in [-0.25, -0.2) is 4.79 Å². The highest BCUT2D eigenvalue weighted by atomic mass is 16.5. The molecule has 0 radical (unpaired) electrons. The third-order valence-corrected chi connectivity index (χ3v) is 6.88. The maximum absolute atomic E-state index is 11.0. The molecule has 39 heavy (non-hydrogen) atoms. The van der Waals surface area contributed by atoms with E-state index in [1.165, 1.54) is 0 Å². The molecular formula is C33H29NO5. The van der Waals surface area contributed by atoms with Gasteiger partial charge in [-0.15, -0.1) is 0 Å². The van der Waals surface area contributed by atoms with Crippen LogP contribution in [-0.2, 0) is 11.2 Å². The normalized spacial score (nSPS) is 13.2. The number of hydrogen-bond donors (Lipinski definition) is 4. The number of ether oxygens (including phenoxy) is 1. The molecule has 0 aliphatic carbocycles. The fourth-order valence-electron chi connectivity index (χ4n) is 4.96. The number of benzene rings is 5. The van der Waals surface area contributed by atoms with Crippen molar-refractivity contribution in [3.63, 3.8) is 0 Å². The molecule has 0 aromatic heterocycles. The number of carboxylic acids is 1.